The van der Waals surface area contributed by atoms with E-state index in [1.165, 1.54) is 11.3 Å². The molecule has 0 spiro atoms. The van der Waals surface area contributed by atoms with Crippen LogP contribution in [0.15, 0.2) is 29.5 Å². The molecule has 0 aliphatic carbocycles. The number of carbonyl (C=O) groups excluding carboxylic acids is 1. The Morgan fingerprint density at radius 2 is 2.17 bits per heavy atom. The van der Waals surface area contributed by atoms with E-state index in [1.807, 2.05) is 19.1 Å². The van der Waals surface area contributed by atoms with Gasteiger partial charge in [0.25, 0.3) is 5.91 Å². The lowest BCUT2D eigenvalue weighted by molar-refractivity contribution is 0.101. The van der Waals surface area contributed by atoms with Crippen molar-refractivity contribution in [1.82, 2.24) is 9.97 Å². The molecule has 92 valence electrons. The third kappa shape index (κ3) is 2.68. The molecule has 2 aromatic heterocycles. The van der Waals surface area contributed by atoms with Gasteiger partial charge in [0, 0.05) is 23.7 Å². The number of amides is 1. The number of aliphatic imine (C=N–C) groups is 1. The Kier molecular flexibility index (Phi) is 3.62. The van der Waals surface area contributed by atoms with E-state index in [9.17, 15) is 4.79 Å². The van der Waals surface area contributed by atoms with Crippen molar-refractivity contribution in [2.75, 3.05) is 0 Å². The van der Waals surface area contributed by atoms with Crippen molar-refractivity contribution in [1.29, 1.82) is 0 Å². The predicted octanol–water partition coefficient (Wildman–Crippen LogP) is 3.13. The van der Waals surface area contributed by atoms with Crippen molar-refractivity contribution in [2.24, 2.45) is 4.99 Å². The van der Waals surface area contributed by atoms with E-state index < -0.39 is 0 Å². The number of carbonyl (C=O) groups is 1. The van der Waals surface area contributed by atoms with E-state index in [0.717, 1.165) is 16.3 Å². The van der Waals surface area contributed by atoms with Crippen molar-refractivity contribution >= 4 is 23.0 Å². The first-order valence-corrected chi connectivity index (χ1v) is 6.33. The summed E-state index contributed by atoms with van der Waals surface area (Å²) < 4.78 is 0. The predicted molar refractivity (Wildman–Crippen MR) is 73.2 cm³/mol. The van der Waals surface area contributed by atoms with Crippen LogP contribution in [0, 0.1) is 6.92 Å². The molecule has 0 saturated heterocycles. The molecule has 2 aromatic rings. The number of hydrogen-bond acceptors (Lipinski definition) is 4. The van der Waals surface area contributed by atoms with E-state index in [4.69, 9.17) is 0 Å². The van der Waals surface area contributed by atoms with Crippen LogP contribution in [0.1, 0.15) is 29.2 Å². The highest BCUT2D eigenvalue weighted by atomic mass is 32.1. The first-order chi connectivity index (χ1) is 8.58. The van der Waals surface area contributed by atoms with Crippen molar-refractivity contribution < 1.29 is 4.79 Å². The van der Waals surface area contributed by atoms with Gasteiger partial charge in [-0.05, 0) is 32.9 Å². The normalized spacial score (nSPS) is 10.2. The highest BCUT2D eigenvalue weighted by Gasteiger charge is 2.15. The summed E-state index contributed by atoms with van der Waals surface area (Å²) in [6.07, 6.45) is 3.45. The molecule has 0 N–H and O–H groups in total. The Morgan fingerprint density at radius 1 is 1.39 bits per heavy atom. The maximum atomic E-state index is 11.9. The monoisotopic (exact) mass is 259 g/mol. The molecular formula is C13H13N3OS. The number of pyridine rings is 1. The molecule has 0 unspecified atom stereocenters. The molecule has 0 aromatic carbocycles. The molecule has 0 fully saturated rings. The third-order valence-corrected chi connectivity index (χ3v) is 3.42. The largest absolute Gasteiger partial charge is 0.288 e. The van der Waals surface area contributed by atoms with Gasteiger partial charge in [-0.2, -0.15) is 0 Å². The highest BCUT2D eigenvalue weighted by molar-refractivity contribution is 7.17. The standard InChI is InChI=1S/C13H13N3OS/c1-8(2)15-12(17)11-9(3)16-13(18-11)10-5-4-6-14-7-10/h4-7H,1-3H3. The minimum atomic E-state index is -0.222. The molecular weight excluding hydrogens is 246 g/mol. The summed E-state index contributed by atoms with van der Waals surface area (Å²) in [7, 11) is 0. The summed E-state index contributed by atoms with van der Waals surface area (Å²) in [5.41, 5.74) is 2.38. The van der Waals surface area contributed by atoms with Crippen LogP contribution in [-0.2, 0) is 0 Å². The lowest BCUT2D eigenvalue weighted by atomic mass is 10.3. The van der Waals surface area contributed by atoms with Gasteiger partial charge in [0.2, 0.25) is 0 Å². The maximum Gasteiger partial charge on any atom is 0.288 e. The van der Waals surface area contributed by atoms with Gasteiger partial charge < -0.3 is 0 Å². The summed E-state index contributed by atoms with van der Waals surface area (Å²) in [4.78, 5) is 24.9. The number of hydrogen-bond donors (Lipinski definition) is 0. The maximum absolute atomic E-state index is 11.9. The zero-order chi connectivity index (χ0) is 13.1. The van der Waals surface area contributed by atoms with E-state index in [1.54, 1.807) is 26.2 Å². The van der Waals surface area contributed by atoms with Gasteiger partial charge in [-0.1, -0.05) is 0 Å². The van der Waals surface area contributed by atoms with Crippen LogP contribution in [0.4, 0.5) is 0 Å². The Hall–Kier alpha value is -1.88. The number of nitrogens with zero attached hydrogens (tertiary/aromatic N) is 3. The summed E-state index contributed by atoms with van der Waals surface area (Å²) in [5.74, 6) is -0.222. The number of aryl methyl sites for hydroxylation is 1. The van der Waals surface area contributed by atoms with Crippen LogP contribution in [0.5, 0.6) is 0 Å². The number of rotatable bonds is 2. The lowest BCUT2D eigenvalue weighted by Gasteiger charge is -1.92. The van der Waals surface area contributed by atoms with Gasteiger partial charge in [-0.3, -0.25) is 9.78 Å². The van der Waals surface area contributed by atoms with E-state index in [-0.39, 0.29) is 5.91 Å². The molecule has 0 bridgehead atoms. The fourth-order valence-electron chi connectivity index (χ4n) is 1.46. The highest BCUT2D eigenvalue weighted by Crippen LogP contribution is 2.27. The van der Waals surface area contributed by atoms with Gasteiger partial charge in [-0.25, -0.2) is 9.98 Å². The van der Waals surface area contributed by atoms with Crippen molar-refractivity contribution in [2.45, 2.75) is 20.8 Å². The van der Waals surface area contributed by atoms with Gasteiger partial charge in [0.1, 0.15) is 9.88 Å². The molecule has 18 heavy (non-hydrogen) atoms. The van der Waals surface area contributed by atoms with Crippen LogP contribution in [0.3, 0.4) is 0 Å². The minimum absolute atomic E-state index is 0.222. The van der Waals surface area contributed by atoms with Gasteiger partial charge in [0.05, 0.1) is 5.69 Å². The zero-order valence-corrected chi connectivity index (χ0v) is 11.3. The summed E-state index contributed by atoms with van der Waals surface area (Å²) in [6.45, 7) is 5.43. The molecule has 0 saturated carbocycles. The smallest absolute Gasteiger partial charge is 0.266 e. The average molecular weight is 259 g/mol. The second kappa shape index (κ2) is 5.18. The first kappa shape index (κ1) is 12.6. The fourth-order valence-corrected chi connectivity index (χ4v) is 2.40. The average Bonchev–Trinajstić information content (AvgIpc) is 2.72. The van der Waals surface area contributed by atoms with Gasteiger partial charge in [0.15, 0.2) is 0 Å². The third-order valence-electron chi connectivity index (χ3n) is 2.22. The number of aromatic nitrogens is 2. The quantitative estimate of drug-likeness (QED) is 0.778. The minimum Gasteiger partial charge on any atom is -0.266 e. The van der Waals surface area contributed by atoms with E-state index in [2.05, 4.69) is 15.0 Å². The Labute approximate surface area is 109 Å². The molecule has 5 heteroatoms. The van der Waals surface area contributed by atoms with Crippen LogP contribution >= 0.6 is 11.3 Å². The topological polar surface area (TPSA) is 55.2 Å². The Morgan fingerprint density at radius 3 is 2.78 bits per heavy atom. The molecule has 0 aliphatic rings. The lowest BCUT2D eigenvalue weighted by Crippen LogP contribution is -1.97. The second-order valence-electron chi connectivity index (χ2n) is 4.04. The van der Waals surface area contributed by atoms with Crippen molar-refractivity contribution in [3.05, 3.63) is 35.1 Å². The first-order valence-electron chi connectivity index (χ1n) is 5.52. The van der Waals surface area contributed by atoms with Crippen LogP contribution in [0.25, 0.3) is 10.6 Å². The van der Waals surface area contributed by atoms with Crippen LogP contribution in [-0.4, -0.2) is 21.6 Å². The molecule has 2 heterocycles. The molecule has 1 amide bonds. The summed E-state index contributed by atoms with van der Waals surface area (Å²) in [5, 5.41) is 0.799. The molecule has 0 aliphatic heterocycles. The van der Waals surface area contributed by atoms with Crippen LogP contribution in [0.2, 0.25) is 0 Å². The van der Waals surface area contributed by atoms with Crippen LogP contribution < -0.4 is 0 Å². The fraction of sp³-hybridized carbons (Fsp3) is 0.231. The zero-order valence-electron chi connectivity index (χ0n) is 10.5. The van der Waals surface area contributed by atoms with Gasteiger partial charge >= 0.3 is 0 Å². The molecule has 0 radical (unpaired) electrons. The molecule has 0 atom stereocenters. The van der Waals surface area contributed by atoms with E-state index >= 15 is 0 Å². The summed E-state index contributed by atoms with van der Waals surface area (Å²) in [6, 6.07) is 3.77. The molecule has 4 nitrogen and oxygen atoms in total. The van der Waals surface area contributed by atoms with E-state index in [0.29, 0.717) is 10.6 Å². The SMILES string of the molecule is CC(C)=NC(=O)c1sc(-c2cccnc2)nc1C. The summed E-state index contributed by atoms with van der Waals surface area (Å²) >= 11 is 1.35. The number of thiazole rings is 1. The van der Waals surface area contributed by atoms with Crippen molar-refractivity contribution in [3.8, 4) is 10.6 Å². The Balaban J connectivity index is 2.39. The second-order valence-corrected chi connectivity index (χ2v) is 5.04. The van der Waals surface area contributed by atoms with Crippen molar-refractivity contribution in [3.63, 3.8) is 0 Å². The van der Waals surface area contributed by atoms with Gasteiger partial charge in [-0.15, -0.1) is 11.3 Å². The molecule has 2 rings (SSSR count). The Bertz CT molecular complexity index is 598.